The minimum absolute atomic E-state index is 0.0929. The van der Waals surface area contributed by atoms with Crippen LogP contribution < -0.4 is 10.9 Å². The number of piperidine rings is 1. The number of anilines is 1. The van der Waals surface area contributed by atoms with Gasteiger partial charge in [0.15, 0.2) is 22.4 Å². The van der Waals surface area contributed by atoms with Crippen molar-refractivity contribution in [1.82, 2.24) is 39.0 Å². The zero-order valence-electron chi connectivity index (χ0n) is 26.9. The van der Waals surface area contributed by atoms with Crippen molar-refractivity contribution in [2.45, 2.75) is 63.6 Å². The average Bonchev–Trinajstić information content (AvgIpc) is 3.65. The van der Waals surface area contributed by atoms with Crippen LogP contribution in [0.15, 0.2) is 29.3 Å². The number of amides is 2. The number of ether oxygens (including phenoxy) is 1. The summed E-state index contributed by atoms with van der Waals surface area (Å²) in [5.74, 6) is -1.12. The summed E-state index contributed by atoms with van der Waals surface area (Å²) in [5.41, 5.74) is -0.299. The van der Waals surface area contributed by atoms with Gasteiger partial charge < -0.3 is 24.6 Å². The standard InChI is InChI=1S/C32H31ClF3N9O5/c1-16-13-31(7-9-43(10-8-31)29(49)23-25(47)17(2)37-15-38-23)22-24(16)44(14-21(46)39-19-3-4-20(32(34,35)36)40-26(19)33)30-41-27(42-45(30)28(22)48)18-5-11-50-12-6-18/h3-5,15-16,47H,6-14H2,1-2H3,(H,39,46). The molecule has 1 saturated heterocycles. The molecule has 4 aromatic heterocycles. The van der Waals surface area contributed by atoms with Gasteiger partial charge in [0.2, 0.25) is 11.7 Å². The second-order valence-electron chi connectivity index (χ2n) is 12.8. The highest BCUT2D eigenvalue weighted by molar-refractivity contribution is 6.32. The molecular weight excluding hydrogens is 683 g/mol. The van der Waals surface area contributed by atoms with Crippen LogP contribution in [0.25, 0.3) is 11.4 Å². The van der Waals surface area contributed by atoms with E-state index in [1.165, 1.54) is 10.8 Å². The van der Waals surface area contributed by atoms with E-state index in [2.05, 4.69) is 25.4 Å². The number of likely N-dealkylation sites (tertiary alicyclic amines) is 1. The molecule has 2 amide bonds. The van der Waals surface area contributed by atoms with Crippen LogP contribution in [0.1, 0.15) is 77.5 Å². The van der Waals surface area contributed by atoms with Gasteiger partial charge in [0.1, 0.15) is 18.6 Å². The highest BCUT2D eigenvalue weighted by atomic mass is 35.5. The molecule has 0 radical (unpaired) electrons. The Morgan fingerprint density at radius 1 is 1.18 bits per heavy atom. The molecule has 50 heavy (non-hydrogen) atoms. The third-order valence-electron chi connectivity index (χ3n) is 9.66. The molecule has 1 atom stereocenters. The van der Waals surface area contributed by atoms with Crippen molar-refractivity contribution in [3.63, 3.8) is 0 Å². The predicted octanol–water partition coefficient (Wildman–Crippen LogP) is 3.89. The number of halogens is 4. The van der Waals surface area contributed by atoms with Crippen LogP contribution >= 0.6 is 11.6 Å². The topological polar surface area (TPSA) is 170 Å². The van der Waals surface area contributed by atoms with Crippen molar-refractivity contribution in [3.05, 3.63) is 74.2 Å². The Labute approximate surface area is 287 Å². The molecule has 7 rings (SSSR count). The summed E-state index contributed by atoms with van der Waals surface area (Å²) in [4.78, 5) is 58.9. The lowest BCUT2D eigenvalue weighted by atomic mass is 9.73. The minimum atomic E-state index is -4.72. The number of hydrogen-bond acceptors (Lipinski definition) is 10. The normalized spacial score (nSPS) is 18.7. The second kappa shape index (κ2) is 12.5. The Balaban J connectivity index is 1.26. The summed E-state index contributed by atoms with van der Waals surface area (Å²) in [6.45, 7) is 4.53. The fraction of sp³-hybridized carbons (Fsp3) is 0.438. The van der Waals surface area contributed by atoms with Crippen LogP contribution in [0.2, 0.25) is 5.15 Å². The number of alkyl halides is 3. The van der Waals surface area contributed by atoms with E-state index in [1.807, 2.05) is 13.0 Å². The zero-order chi connectivity index (χ0) is 35.5. The lowest BCUT2D eigenvalue weighted by molar-refractivity contribution is -0.141. The first-order valence-electron chi connectivity index (χ1n) is 15.9. The van der Waals surface area contributed by atoms with Crippen molar-refractivity contribution in [1.29, 1.82) is 0 Å². The molecule has 0 aromatic carbocycles. The highest BCUT2D eigenvalue weighted by Gasteiger charge is 2.49. The van der Waals surface area contributed by atoms with Gasteiger partial charge in [-0.15, -0.1) is 5.10 Å². The molecule has 262 valence electrons. The van der Waals surface area contributed by atoms with E-state index in [0.717, 1.165) is 17.7 Å². The lowest BCUT2D eigenvalue weighted by Crippen LogP contribution is -2.46. The van der Waals surface area contributed by atoms with Gasteiger partial charge in [-0.3, -0.25) is 14.4 Å². The molecule has 2 N–H and O–H groups in total. The summed E-state index contributed by atoms with van der Waals surface area (Å²) >= 11 is 6.03. The predicted molar refractivity (Wildman–Crippen MR) is 172 cm³/mol. The summed E-state index contributed by atoms with van der Waals surface area (Å²) in [6.07, 6.45) is 0.256. The monoisotopic (exact) mass is 713 g/mol. The van der Waals surface area contributed by atoms with Crippen molar-refractivity contribution in [2.75, 3.05) is 31.6 Å². The van der Waals surface area contributed by atoms with Crippen LogP contribution in [-0.4, -0.2) is 82.2 Å². The van der Waals surface area contributed by atoms with Gasteiger partial charge in [-0.1, -0.05) is 24.6 Å². The minimum Gasteiger partial charge on any atom is -0.504 e. The Kier molecular flexibility index (Phi) is 8.37. The fourth-order valence-electron chi connectivity index (χ4n) is 7.27. The third kappa shape index (κ3) is 5.77. The maximum Gasteiger partial charge on any atom is 0.433 e. The van der Waals surface area contributed by atoms with E-state index >= 15 is 0 Å². The van der Waals surface area contributed by atoms with Gasteiger partial charge in [0.05, 0.1) is 24.6 Å². The van der Waals surface area contributed by atoms with Crippen LogP contribution in [0.5, 0.6) is 5.75 Å². The first kappa shape index (κ1) is 33.6. The van der Waals surface area contributed by atoms with E-state index in [1.54, 1.807) is 16.4 Å². The molecule has 3 aliphatic rings. The van der Waals surface area contributed by atoms with E-state index in [4.69, 9.17) is 21.3 Å². The van der Waals surface area contributed by atoms with E-state index in [0.29, 0.717) is 56.0 Å². The van der Waals surface area contributed by atoms with E-state index in [-0.39, 0.29) is 59.7 Å². The summed E-state index contributed by atoms with van der Waals surface area (Å²) in [7, 11) is 0. The van der Waals surface area contributed by atoms with Gasteiger partial charge in [0, 0.05) is 29.8 Å². The molecule has 1 unspecified atom stereocenters. The number of aryl methyl sites for hydroxylation is 1. The molecule has 6 heterocycles. The van der Waals surface area contributed by atoms with Gasteiger partial charge in [-0.2, -0.15) is 22.7 Å². The Hall–Kier alpha value is -4.90. The van der Waals surface area contributed by atoms with Gasteiger partial charge >= 0.3 is 6.18 Å². The number of carbonyl (C=O) groups is 2. The maximum absolute atomic E-state index is 14.4. The number of aromatic nitrogens is 7. The SMILES string of the molecule is Cc1ncnc(C(=O)N2CCC3(CC2)CC(C)c2c3c(=O)n3nc(C4=CCOCC4)nc3n2CC(=O)Nc2ccc(C(F)(F)F)nc2Cl)c1O. The number of fused-ring (bicyclic) bond motifs is 3. The molecule has 1 spiro atoms. The quantitative estimate of drug-likeness (QED) is 0.290. The Bertz CT molecular complexity index is 2140. The van der Waals surface area contributed by atoms with Crippen LogP contribution in [0.4, 0.5) is 18.9 Å². The third-order valence-corrected chi connectivity index (χ3v) is 9.95. The molecule has 14 nitrogen and oxygen atoms in total. The van der Waals surface area contributed by atoms with E-state index in [9.17, 15) is 32.7 Å². The number of rotatable bonds is 5. The van der Waals surface area contributed by atoms with Crippen LogP contribution in [0, 0.1) is 6.92 Å². The Morgan fingerprint density at radius 2 is 1.94 bits per heavy atom. The second-order valence-corrected chi connectivity index (χ2v) is 13.1. The Morgan fingerprint density at radius 3 is 2.62 bits per heavy atom. The van der Waals surface area contributed by atoms with Crippen molar-refractivity contribution in [2.24, 2.45) is 0 Å². The number of pyridine rings is 1. The zero-order valence-corrected chi connectivity index (χ0v) is 27.7. The molecule has 0 saturated carbocycles. The van der Waals surface area contributed by atoms with Crippen LogP contribution in [0.3, 0.4) is 0 Å². The maximum atomic E-state index is 14.4. The fourth-order valence-corrected chi connectivity index (χ4v) is 7.48. The van der Waals surface area contributed by atoms with E-state index < -0.39 is 34.3 Å². The van der Waals surface area contributed by atoms with Crippen molar-refractivity contribution in [3.8, 4) is 5.75 Å². The first-order valence-corrected chi connectivity index (χ1v) is 16.3. The molecule has 18 heteroatoms. The summed E-state index contributed by atoms with van der Waals surface area (Å²) < 4.78 is 47.7. The number of carbonyl (C=O) groups excluding carboxylic acids is 2. The molecule has 1 aliphatic carbocycles. The van der Waals surface area contributed by atoms with Crippen LogP contribution in [-0.2, 0) is 27.7 Å². The number of nitrogens with zero attached hydrogens (tertiary/aromatic N) is 8. The van der Waals surface area contributed by atoms with Crippen molar-refractivity contribution < 1.29 is 32.6 Å². The summed E-state index contributed by atoms with van der Waals surface area (Å²) in [5, 5.41) is 17.0. The van der Waals surface area contributed by atoms with Gasteiger partial charge in [-0.05, 0) is 56.2 Å². The summed E-state index contributed by atoms with van der Waals surface area (Å²) in [6, 6.07) is 1.75. The number of hydrogen-bond donors (Lipinski definition) is 2. The molecule has 4 aromatic rings. The highest BCUT2D eigenvalue weighted by Crippen LogP contribution is 2.50. The first-order chi connectivity index (χ1) is 23.8. The number of nitrogens with one attached hydrogen (secondary N) is 1. The molecule has 2 aliphatic heterocycles. The smallest absolute Gasteiger partial charge is 0.433 e. The average molecular weight is 714 g/mol. The van der Waals surface area contributed by atoms with Gasteiger partial charge in [-0.25, -0.2) is 15.0 Å². The molecule has 0 bridgehead atoms. The lowest BCUT2D eigenvalue weighted by Gasteiger charge is -2.39. The van der Waals surface area contributed by atoms with Crippen molar-refractivity contribution >= 4 is 40.5 Å². The number of aromatic hydroxyl groups is 1. The van der Waals surface area contributed by atoms with Gasteiger partial charge in [0.25, 0.3) is 11.5 Å². The largest absolute Gasteiger partial charge is 0.504 e. The molecule has 1 fully saturated rings. The molecular formula is C32H31ClF3N9O5.